The average molecular weight is 164 g/mol. The Morgan fingerprint density at radius 1 is 1.33 bits per heavy atom. The molecule has 0 atom stereocenters. The molecule has 0 spiro atoms. The largest absolute Gasteiger partial charge is 0.508 e. The third-order valence-electron chi connectivity index (χ3n) is 1.73. The van der Waals surface area contributed by atoms with Crippen molar-refractivity contribution in [1.29, 1.82) is 0 Å². The van der Waals surface area contributed by atoms with Crippen molar-refractivity contribution >= 4 is 5.57 Å². The highest BCUT2D eigenvalue weighted by molar-refractivity contribution is 5.70. The van der Waals surface area contributed by atoms with E-state index in [2.05, 4.69) is 6.58 Å². The summed E-state index contributed by atoms with van der Waals surface area (Å²) in [7, 11) is 0. The first-order chi connectivity index (χ1) is 5.52. The molecule has 0 aliphatic heterocycles. The lowest BCUT2D eigenvalue weighted by Gasteiger charge is -2.07. The summed E-state index contributed by atoms with van der Waals surface area (Å²) in [5, 5.41) is 18.5. The van der Waals surface area contributed by atoms with Crippen molar-refractivity contribution in [3.8, 4) is 11.5 Å². The van der Waals surface area contributed by atoms with Crippen molar-refractivity contribution in [3.05, 3.63) is 29.8 Å². The molecule has 0 unspecified atom stereocenters. The molecule has 0 aliphatic rings. The average Bonchev–Trinajstić information content (AvgIpc) is 1.82. The van der Waals surface area contributed by atoms with Crippen LogP contribution in [0.5, 0.6) is 11.5 Å². The predicted molar refractivity (Wildman–Crippen MR) is 49.2 cm³/mol. The van der Waals surface area contributed by atoms with Crippen LogP contribution in [0.25, 0.3) is 5.57 Å². The van der Waals surface area contributed by atoms with E-state index in [0.29, 0.717) is 5.56 Å². The van der Waals surface area contributed by atoms with Crippen LogP contribution in [0.3, 0.4) is 0 Å². The second kappa shape index (κ2) is 2.89. The first-order valence-corrected chi connectivity index (χ1v) is 3.71. The van der Waals surface area contributed by atoms with E-state index >= 15 is 0 Å². The predicted octanol–water partition coefficient (Wildman–Crippen LogP) is 2.44. The van der Waals surface area contributed by atoms with E-state index in [1.165, 1.54) is 6.07 Å². The molecule has 0 saturated carbocycles. The second-order valence-electron chi connectivity index (χ2n) is 2.94. The van der Waals surface area contributed by atoms with Crippen LogP contribution in [0, 0.1) is 6.92 Å². The topological polar surface area (TPSA) is 40.5 Å². The molecule has 2 nitrogen and oxygen atoms in total. The van der Waals surface area contributed by atoms with Gasteiger partial charge in [-0.05, 0) is 31.1 Å². The Morgan fingerprint density at radius 3 is 2.33 bits per heavy atom. The summed E-state index contributed by atoms with van der Waals surface area (Å²) < 4.78 is 0. The number of aromatic hydroxyl groups is 2. The van der Waals surface area contributed by atoms with E-state index in [-0.39, 0.29) is 11.5 Å². The molecule has 2 N–H and O–H groups in total. The Labute approximate surface area is 71.8 Å². The van der Waals surface area contributed by atoms with Crippen LogP contribution in [0.15, 0.2) is 18.7 Å². The van der Waals surface area contributed by atoms with Gasteiger partial charge in [-0.1, -0.05) is 6.58 Å². The Balaban J connectivity index is 3.38. The Bertz CT molecular complexity index is 304. The highest BCUT2D eigenvalue weighted by Crippen LogP contribution is 2.30. The molecule has 12 heavy (non-hydrogen) atoms. The van der Waals surface area contributed by atoms with Gasteiger partial charge in [0.1, 0.15) is 11.5 Å². The van der Waals surface area contributed by atoms with Crippen LogP contribution in [-0.4, -0.2) is 10.2 Å². The molecule has 0 heterocycles. The molecule has 1 rings (SSSR count). The fourth-order valence-electron chi connectivity index (χ4n) is 1.31. The maximum Gasteiger partial charge on any atom is 0.126 e. The minimum absolute atomic E-state index is 0.0787. The summed E-state index contributed by atoms with van der Waals surface area (Å²) >= 11 is 0. The fourth-order valence-corrected chi connectivity index (χ4v) is 1.31. The summed E-state index contributed by atoms with van der Waals surface area (Å²) in [6, 6.07) is 2.92. The van der Waals surface area contributed by atoms with Crippen LogP contribution in [0.1, 0.15) is 18.1 Å². The zero-order chi connectivity index (χ0) is 9.30. The van der Waals surface area contributed by atoms with Gasteiger partial charge in [-0.2, -0.15) is 0 Å². The number of rotatable bonds is 1. The minimum atomic E-state index is 0.0787. The molecule has 0 aromatic heterocycles. The molecule has 0 radical (unpaired) electrons. The number of hydrogen-bond acceptors (Lipinski definition) is 2. The molecule has 1 aromatic carbocycles. The van der Waals surface area contributed by atoms with Crippen LogP contribution in [-0.2, 0) is 0 Å². The molecular formula is C10H12O2. The van der Waals surface area contributed by atoms with Crippen molar-refractivity contribution in [2.75, 3.05) is 0 Å². The second-order valence-corrected chi connectivity index (χ2v) is 2.94. The number of benzene rings is 1. The van der Waals surface area contributed by atoms with Crippen LogP contribution < -0.4 is 0 Å². The quantitative estimate of drug-likeness (QED) is 0.669. The molecule has 0 amide bonds. The fraction of sp³-hybridized carbons (Fsp3) is 0.200. The number of phenolic OH excluding ortho intramolecular Hbond substituents is 2. The smallest absolute Gasteiger partial charge is 0.126 e. The van der Waals surface area contributed by atoms with Crippen molar-refractivity contribution in [2.45, 2.75) is 13.8 Å². The van der Waals surface area contributed by atoms with Gasteiger partial charge in [-0.25, -0.2) is 0 Å². The van der Waals surface area contributed by atoms with Gasteiger partial charge in [0.2, 0.25) is 0 Å². The van der Waals surface area contributed by atoms with Gasteiger partial charge in [0.15, 0.2) is 0 Å². The Kier molecular flexibility index (Phi) is 2.09. The maximum atomic E-state index is 9.42. The monoisotopic (exact) mass is 164 g/mol. The standard InChI is InChI=1S/C10H12O2/c1-6(2)10-7(3)4-8(11)5-9(10)12/h4-5,11-12H,1H2,2-3H3. The van der Waals surface area contributed by atoms with Crippen molar-refractivity contribution in [1.82, 2.24) is 0 Å². The van der Waals surface area contributed by atoms with Gasteiger partial charge in [0.05, 0.1) is 0 Å². The summed E-state index contributed by atoms with van der Waals surface area (Å²) in [6.45, 7) is 7.38. The summed E-state index contributed by atoms with van der Waals surface area (Å²) in [5.74, 6) is 0.162. The maximum absolute atomic E-state index is 9.42. The number of phenols is 2. The highest BCUT2D eigenvalue weighted by Gasteiger charge is 2.06. The van der Waals surface area contributed by atoms with Crippen molar-refractivity contribution in [2.24, 2.45) is 0 Å². The van der Waals surface area contributed by atoms with E-state index in [0.717, 1.165) is 11.1 Å². The van der Waals surface area contributed by atoms with E-state index < -0.39 is 0 Å². The van der Waals surface area contributed by atoms with Gasteiger partial charge in [-0.15, -0.1) is 0 Å². The zero-order valence-corrected chi connectivity index (χ0v) is 7.26. The highest BCUT2D eigenvalue weighted by atomic mass is 16.3. The van der Waals surface area contributed by atoms with Gasteiger partial charge < -0.3 is 10.2 Å². The minimum Gasteiger partial charge on any atom is -0.508 e. The number of hydrogen-bond donors (Lipinski definition) is 2. The normalized spacial score (nSPS) is 9.83. The third kappa shape index (κ3) is 1.42. The van der Waals surface area contributed by atoms with Gasteiger partial charge in [-0.3, -0.25) is 0 Å². The van der Waals surface area contributed by atoms with Crippen LogP contribution in [0.4, 0.5) is 0 Å². The SMILES string of the molecule is C=C(C)c1c(C)cc(O)cc1O. The summed E-state index contributed by atoms with van der Waals surface area (Å²) in [5.41, 5.74) is 2.35. The van der Waals surface area contributed by atoms with Crippen LogP contribution in [0.2, 0.25) is 0 Å². The van der Waals surface area contributed by atoms with Crippen molar-refractivity contribution in [3.63, 3.8) is 0 Å². The van der Waals surface area contributed by atoms with Crippen molar-refractivity contribution < 1.29 is 10.2 Å². The molecule has 1 aromatic rings. The van der Waals surface area contributed by atoms with Crippen LogP contribution >= 0.6 is 0 Å². The number of aryl methyl sites for hydroxylation is 1. The van der Waals surface area contributed by atoms with Gasteiger partial charge in [0.25, 0.3) is 0 Å². The van der Waals surface area contributed by atoms with E-state index in [4.69, 9.17) is 5.11 Å². The first-order valence-electron chi connectivity index (χ1n) is 3.71. The Hall–Kier alpha value is -1.44. The molecule has 2 heteroatoms. The van der Waals surface area contributed by atoms with Gasteiger partial charge >= 0.3 is 0 Å². The first kappa shape index (κ1) is 8.65. The lowest BCUT2D eigenvalue weighted by molar-refractivity contribution is 0.448. The Morgan fingerprint density at radius 2 is 1.92 bits per heavy atom. The zero-order valence-electron chi connectivity index (χ0n) is 7.26. The summed E-state index contributed by atoms with van der Waals surface area (Å²) in [6.07, 6.45) is 0. The molecule has 0 bridgehead atoms. The molecule has 0 saturated heterocycles. The lowest BCUT2D eigenvalue weighted by Crippen LogP contribution is -1.85. The molecule has 64 valence electrons. The summed E-state index contributed by atoms with van der Waals surface area (Å²) in [4.78, 5) is 0. The third-order valence-corrected chi connectivity index (χ3v) is 1.73. The van der Waals surface area contributed by atoms with E-state index in [9.17, 15) is 5.11 Å². The number of allylic oxidation sites excluding steroid dienone is 1. The molecule has 0 fully saturated rings. The van der Waals surface area contributed by atoms with Gasteiger partial charge in [0, 0.05) is 11.6 Å². The lowest BCUT2D eigenvalue weighted by atomic mass is 10.0. The van der Waals surface area contributed by atoms with E-state index in [1.807, 2.05) is 13.8 Å². The van der Waals surface area contributed by atoms with E-state index in [1.54, 1.807) is 6.07 Å². The molecule has 0 aliphatic carbocycles. The molecular weight excluding hydrogens is 152 g/mol.